The first kappa shape index (κ1) is 12.5. The van der Waals surface area contributed by atoms with E-state index in [4.69, 9.17) is 0 Å². The van der Waals surface area contributed by atoms with Crippen LogP contribution in [0.25, 0.3) is 11.1 Å². The van der Waals surface area contributed by atoms with Gasteiger partial charge < -0.3 is 5.11 Å². The van der Waals surface area contributed by atoms with Gasteiger partial charge >= 0.3 is 0 Å². The van der Waals surface area contributed by atoms with Crippen LogP contribution in [0, 0.1) is 0 Å². The number of para-hydroxylation sites is 1. The molecule has 0 radical (unpaired) electrons. The molecule has 0 atom stereocenters. The fraction of sp³-hybridized carbons (Fsp3) is 0.0526. The monoisotopic (exact) mass is 260 g/mol. The molecule has 0 bridgehead atoms. The van der Waals surface area contributed by atoms with Crippen LogP contribution in [0.4, 0.5) is 0 Å². The summed E-state index contributed by atoms with van der Waals surface area (Å²) in [4.78, 5) is 0. The molecule has 0 unspecified atom stereocenters. The molecule has 0 saturated carbocycles. The molecule has 3 rings (SSSR count). The highest BCUT2D eigenvalue weighted by molar-refractivity contribution is 5.68. The minimum absolute atomic E-state index is 0.357. The van der Waals surface area contributed by atoms with Crippen molar-refractivity contribution < 1.29 is 5.11 Å². The lowest BCUT2D eigenvalue weighted by Crippen LogP contribution is -1.92. The normalized spacial score (nSPS) is 10.4. The third-order valence-corrected chi connectivity index (χ3v) is 3.47. The van der Waals surface area contributed by atoms with Gasteiger partial charge in [0.25, 0.3) is 0 Å². The first-order chi connectivity index (χ1) is 9.84. The topological polar surface area (TPSA) is 20.2 Å². The average molecular weight is 260 g/mol. The fourth-order valence-corrected chi connectivity index (χ4v) is 2.44. The SMILES string of the molecule is Oc1ccccc1Cc1ccccc1-c1ccccc1. The maximum Gasteiger partial charge on any atom is 0.119 e. The second-order valence-corrected chi connectivity index (χ2v) is 4.83. The quantitative estimate of drug-likeness (QED) is 0.726. The first-order valence-electron chi connectivity index (χ1n) is 6.75. The second-order valence-electron chi connectivity index (χ2n) is 4.83. The van der Waals surface area contributed by atoms with E-state index in [9.17, 15) is 5.11 Å². The van der Waals surface area contributed by atoms with Crippen LogP contribution in [0.2, 0.25) is 0 Å². The number of hydrogen-bond donors (Lipinski definition) is 1. The zero-order valence-electron chi connectivity index (χ0n) is 11.2. The Bertz CT molecular complexity index is 702. The molecule has 0 spiro atoms. The Balaban J connectivity index is 2.01. The van der Waals surface area contributed by atoms with E-state index in [1.165, 1.54) is 16.7 Å². The van der Waals surface area contributed by atoms with Crippen molar-refractivity contribution >= 4 is 0 Å². The number of aromatic hydroxyl groups is 1. The molecule has 3 aromatic rings. The molecule has 0 fully saturated rings. The molecule has 3 aromatic carbocycles. The highest BCUT2D eigenvalue weighted by Crippen LogP contribution is 2.27. The lowest BCUT2D eigenvalue weighted by molar-refractivity contribution is 0.469. The first-order valence-corrected chi connectivity index (χ1v) is 6.75. The van der Waals surface area contributed by atoms with E-state index in [0.717, 1.165) is 12.0 Å². The van der Waals surface area contributed by atoms with Crippen molar-refractivity contribution in [2.24, 2.45) is 0 Å². The third-order valence-electron chi connectivity index (χ3n) is 3.47. The van der Waals surface area contributed by atoms with Gasteiger partial charge in [-0.3, -0.25) is 0 Å². The van der Waals surface area contributed by atoms with Gasteiger partial charge in [0, 0.05) is 6.42 Å². The van der Waals surface area contributed by atoms with Crippen LogP contribution >= 0.6 is 0 Å². The molecule has 0 aliphatic heterocycles. The fourth-order valence-electron chi connectivity index (χ4n) is 2.44. The number of benzene rings is 3. The average Bonchev–Trinajstić information content (AvgIpc) is 2.51. The summed E-state index contributed by atoms with van der Waals surface area (Å²) < 4.78 is 0. The summed E-state index contributed by atoms with van der Waals surface area (Å²) in [5, 5.41) is 9.93. The van der Waals surface area contributed by atoms with E-state index < -0.39 is 0 Å². The lowest BCUT2D eigenvalue weighted by atomic mass is 9.95. The van der Waals surface area contributed by atoms with Gasteiger partial charge in [-0.2, -0.15) is 0 Å². The van der Waals surface area contributed by atoms with Crippen LogP contribution in [0.1, 0.15) is 11.1 Å². The molecular formula is C19H16O. The van der Waals surface area contributed by atoms with Gasteiger partial charge in [0.05, 0.1) is 0 Å². The van der Waals surface area contributed by atoms with Crippen molar-refractivity contribution in [2.75, 3.05) is 0 Å². The highest BCUT2D eigenvalue weighted by Gasteiger charge is 2.07. The van der Waals surface area contributed by atoms with Crippen molar-refractivity contribution in [3.05, 3.63) is 90.0 Å². The molecule has 20 heavy (non-hydrogen) atoms. The number of phenols is 1. The molecular weight excluding hydrogens is 244 g/mol. The van der Waals surface area contributed by atoms with Gasteiger partial charge in [0.2, 0.25) is 0 Å². The van der Waals surface area contributed by atoms with Crippen molar-refractivity contribution in [1.29, 1.82) is 0 Å². The molecule has 98 valence electrons. The van der Waals surface area contributed by atoms with E-state index in [1.54, 1.807) is 6.07 Å². The Hall–Kier alpha value is -2.54. The molecule has 0 saturated heterocycles. The van der Waals surface area contributed by atoms with Crippen molar-refractivity contribution in [2.45, 2.75) is 6.42 Å². The van der Waals surface area contributed by atoms with E-state index in [-0.39, 0.29) is 0 Å². The molecule has 0 aliphatic rings. The van der Waals surface area contributed by atoms with Gasteiger partial charge in [-0.1, -0.05) is 72.8 Å². The lowest BCUT2D eigenvalue weighted by Gasteiger charge is -2.10. The van der Waals surface area contributed by atoms with Crippen LogP contribution in [-0.4, -0.2) is 5.11 Å². The molecule has 1 N–H and O–H groups in total. The van der Waals surface area contributed by atoms with E-state index >= 15 is 0 Å². The van der Waals surface area contributed by atoms with Crippen LogP contribution in [0.5, 0.6) is 5.75 Å². The van der Waals surface area contributed by atoms with Crippen molar-refractivity contribution in [3.8, 4) is 16.9 Å². The Kier molecular flexibility index (Phi) is 3.51. The maximum absolute atomic E-state index is 9.93. The Morgan fingerprint density at radius 3 is 1.95 bits per heavy atom. The number of hydrogen-bond acceptors (Lipinski definition) is 1. The predicted molar refractivity (Wildman–Crippen MR) is 82.8 cm³/mol. The third kappa shape index (κ3) is 2.57. The van der Waals surface area contributed by atoms with E-state index in [2.05, 4.69) is 30.3 Å². The Morgan fingerprint density at radius 1 is 0.600 bits per heavy atom. The van der Waals surface area contributed by atoms with Crippen molar-refractivity contribution in [1.82, 2.24) is 0 Å². The molecule has 0 aliphatic carbocycles. The minimum Gasteiger partial charge on any atom is -0.508 e. The van der Waals surface area contributed by atoms with Crippen LogP contribution < -0.4 is 0 Å². The smallest absolute Gasteiger partial charge is 0.119 e. The summed E-state index contributed by atoms with van der Waals surface area (Å²) in [7, 11) is 0. The summed E-state index contributed by atoms with van der Waals surface area (Å²) in [5.41, 5.74) is 4.60. The van der Waals surface area contributed by atoms with Crippen LogP contribution in [0.15, 0.2) is 78.9 Å². The largest absolute Gasteiger partial charge is 0.508 e. The summed E-state index contributed by atoms with van der Waals surface area (Å²) in [6, 6.07) is 26.2. The number of phenolic OH excluding ortho intramolecular Hbond substituents is 1. The Morgan fingerprint density at radius 2 is 1.20 bits per heavy atom. The van der Waals surface area contributed by atoms with E-state index in [0.29, 0.717) is 5.75 Å². The van der Waals surface area contributed by atoms with Crippen LogP contribution in [0.3, 0.4) is 0 Å². The van der Waals surface area contributed by atoms with E-state index in [1.807, 2.05) is 42.5 Å². The van der Waals surface area contributed by atoms with Gasteiger partial charge in [-0.15, -0.1) is 0 Å². The maximum atomic E-state index is 9.93. The molecule has 0 amide bonds. The molecule has 0 heterocycles. The zero-order chi connectivity index (χ0) is 13.8. The second kappa shape index (κ2) is 5.62. The summed E-state index contributed by atoms with van der Waals surface area (Å²) in [6.45, 7) is 0. The molecule has 1 heteroatoms. The van der Waals surface area contributed by atoms with Crippen LogP contribution in [-0.2, 0) is 6.42 Å². The Labute approximate surface area is 119 Å². The summed E-state index contributed by atoms with van der Waals surface area (Å²) in [6.07, 6.45) is 0.734. The summed E-state index contributed by atoms with van der Waals surface area (Å²) in [5.74, 6) is 0.357. The number of rotatable bonds is 3. The van der Waals surface area contributed by atoms with Gasteiger partial charge in [0.15, 0.2) is 0 Å². The van der Waals surface area contributed by atoms with Crippen molar-refractivity contribution in [3.63, 3.8) is 0 Å². The summed E-state index contributed by atoms with van der Waals surface area (Å²) >= 11 is 0. The van der Waals surface area contributed by atoms with Gasteiger partial charge in [-0.25, -0.2) is 0 Å². The van der Waals surface area contributed by atoms with Gasteiger partial charge in [-0.05, 0) is 28.3 Å². The zero-order valence-corrected chi connectivity index (χ0v) is 11.2. The predicted octanol–water partition coefficient (Wildman–Crippen LogP) is 4.65. The standard InChI is InChI=1S/C19H16O/c20-19-13-7-5-11-17(19)14-16-10-4-6-12-18(16)15-8-2-1-3-9-15/h1-13,20H,14H2. The van der Waals surface area contributed by atoms with Gasteiger partial charge in [0.1, 0.15) is 5.75 Å². The minimum atomic E-state index is 0.357. The highest BCUT2D eigenvalue weighted by atomic mass is 16.3. The molecule has 0 aromatic heterocycles. The molecule has 1 nitrogen and oxygen atoms in total.